The fourth-order valence-electron chi connectivity index (χ4n) is 2.49. The van der Waals surface area contributed by atoms with Crippen LogP contribution in [0.5, 0.6) is 0 Å². The molecule has 7 heteroatoms. The van der Waals surface area contributed by atoms with Crippen LogP contribution in [0.1, 0.15) is 18.5 Å². The number of methoxy groups -OCH3 is 1. The van der Waals surface area contributed by atoms with Gasteiger partial charge in [0.2, 0.25) is 5.91 Å². The predicted molar refractivity (Wildman–Crippen MR) is 88.5 cm³/mol. The maximum absolute atomic E-state index is 12.6. The lowest BCUT2D eigenvalue weighted by molar-refractivity contribution is -0.130. The molecule has 1 amide bonds. The largest absolute Gasteiger partial charge is 0.384 e. The topological polar surface area (TPSA) is 63.2 Å². The van der Waals surface area contributed by atoms with Gasteiger partial charge in [0.1, 0.15) is 0 Å². The van der Waals surface area contributed by atoms with Gasteiger partial charge in [0, 0.05) is 13.3 Å². The number of ether oxygens (including phenoxy) is 1. The summed E-state index contributed by atoms with van der Waals surface area (Å²) in [5, 5.41) is 6.28. The molecular weight excluding hydrogens is 313 g/mol. The number of carbonyl (C=O) groups excluding carboxylic acids is 1. The van der Waals surface area contributed by atoms with Gasteiger partial charge in [-0.3, -0.25) is 9.78 Å². The summed E-state index contributed by atoms with van der Waals surface area (Å²) in [6, 6.07) is 3.70. The van der Waals surface area contributed by atoms with Crippen molar-refractivity contribution in [2.45, 2.75) is 19.8 Å². The van der Waals surface area contributed by atoms with Crippen LogP contribution < -0.4 is 10.6 Å². The van der Waals surface area contributed by atoms with Crippen LogP contribution in [-0.4, -0.2) is 37.7 Å². The van der Waals surface area contributed by atoms with Crippen molar-refractivity contribution in [2.75, 3.05) is 32.1 Å². The molecule has 0 atom stereocenters. The van der Waals surface area contributed by atoms with Crippen LogP contribution in [0.15, 0.2) is 18.3 Å². The van der Waals surface area contributed by atoms with Gasteiger partial charge < -0.3 is 15.4 Å². The van der Waals surface area contributed by atoms with Crippen LogP contribution in [0.2, 0.25) is 0 Å². The Bertz CT molecular complexity index is 446. The summed E-state index contributed by atoms with van der Waals surface area (Å²) in [5.41, 5.74) is 1.18. The number of hydrogen-bond acceptors (Lipinski definition) is 4. The van der Waals surface area contributed by atoms with E-state index < -0.39 is 5.41 Å². The van der Waals surface area contributed by atoms with Crippen LogP contribution in [-0.2, 0) is 9.53 Å². The number of piperidine rings is 1. The average Bonchev–Trinajstić information content (AvgIpc) is 2.42. The van der Waals surface area contributed by atoms with E-state index in [-0.39, 0.29) is 30.7 Å². The SMILES string of the molecule is COCC1(C(=O)Nc2cccnc2C)CCNCC1.Cl.Cl. The molecule has 2 rings (SSSR count). The fraction of sp³-hybridized carbons (Fsp3) is 0.571. The van der Waals surface area contributed by atoms with Gasteiger partial charge in [-0.1, -0.05) is 0 Å². The third-order valence-corrected chi connectivity index (χ3v) is 3.72. The second-order valence-corrected chi connectivity index (χ2v) is 5.05. The Morgan fingerprint density at radius 2 is 2.10 bits per heavy atom. The number of pyridine rings is 1. The Morgan fingerprint density at radius 3 is 2.67 bits per heavy atom. The minimum atomic E-state index is -0.428. The van der Waals surface area contributed by atoms with Gasteiger partial charge in [-0.05, 0) is 45.0 Å². The Kier molecular flexibility index (Phi) is 8.82. The molecule has 1 aromatic rings. The van der Waals surface area contributed by atoms with E-state index in [1.807, 2.05) is 19.1 Å². The molecule has 0 unspecified atom stereocenters. The molecule has 2 N–H and O–H groups in total. The lowest BCUT2D eigenvalue weighted by Crippen LogP contribution is -2.47. The van der Waals surface area contributed by atoms with E-state index in [4.69, 9.17) is 4.74 Å². The predicted octanol–water partition coefficient (Wildman–Crippen LogP) is 2.19. The lowest BCUT2D eigenvalue weighted by Gasteiger charge is -2.35. The number of carbonyl (C=O) groups is 1. The summed E-state index contributed by atoms with van der Waals surface area (Å²) in [7, 11) is 1.65. The summed E-state index contributed by atoms with van der Waals surface area (Å²) in [6.07, 6.45) is 3.32. The molecular formula is C14H23Cl2N3O2. The standard InChI is InChI=1S/C14H21N3O2.2ClH/c1-11-12(4-3-7-16-11)17-13(18)14(10-19-2)5-8-15-9-6-14;;/h3-4,7,15H,5-6,8-10H2,1-2H3,(H,17,18);2*1H. The summed E-state index contributed by atoms with van der Waals surface area (Å²) in [6.45, 7) is 4.05. The number of nitrogens with one attached hydrogen (secondary N) is 2. The molecule has 0 bridgehead atoms. The first-order valence-electron chi connectivity index (χ1n) is 6.61. The highest BCUT2D eigenvalue weighted by Crippen LogP contribution is 2.31. The molecule has 0 aromatic carbocycles. The maximum Gasteiger partial charge on any atom is 0.233 e. The highest BCUT2D eigenvalue weighted by Gasteiger charge is 2.39. The summed E-state index contributed by atoms with van der Waals surface area (Å²) < 4.78 is 5.27. The van der Waals surface area contributed by atoms with Crippen LogP contribution in [0.4, 0.5) is 5.69 Å². The molecule has 2 heterocycles. The third kappa shape index (κ3) is 4.81. The summed E-state index contributed by atoms with van der Waals surface area (Å²) >= 11 is 0. The molecule has 1 aromatic heterocycles. The van der Waals surface area contributed by atoms with Crippen molar-refractivity contribution in [3.8, 4) is 0 Å². The molecule has 1 aliphatic rings. The summed E-state index contributed by atoms with van der Waals surface area (Å²) in [5.74, 6) is 0.0342. The van der Waals surface area contributed by atoms with Gasteiger partial charge in [0.25, 0.3) is 0 Å². The number of anilines is 1. The zero-order valence-electron chi connectivity index (χ0n) is 12.3. The fourth-order valence-corrected chi connectivity index (χ4v) is 2.49. The number of nitrogens with zero attached hydrogens (tertiary/aromatic N) is 1. The first kappa shape index (κ1) is 20.1. The van der Waals surface area contributed by atoms with Crippen molar-refractivity contribution < 1.29 is 9.53 Å². The number of aryl methyl sites for hydroxylation is 1. The van der Waals surface area contributed by atoms with E-state index in [1.165, 1.54) is 0 Å². The van der Waals surface area contributed by atoms with Crippen LogP contribution in [0.25, 0.3) is 0 Å². The normalized spacial score (nSPS) is 16.3. The number of amides is 1. The zero-order valence-corrected chi connectivity index (χ0v) is 14.0. The van der Waals surface area contributed by atoms with Crippen molar-refractivity contribution in [1.82, 2.24) is 10.3 Å². The quantitative estimate of drug-likeness (QED) is 0.885. The van der Waals surface area contributed by atoms with Crippen molar-refractivity contribution in [3.05, 3.63) is 24.0 Å². The smallest absolute Gasteiger partial charge is 0.233 e. The van der Waals surface area contributed by atoms with Crippen molar-refractivity contribution in [2.24, 2.45) is 5.41 Å². The van der Waals surface area contributed by atoms with Gasteiger partial charge in [-0.15, -0.1) is 24.8 Å². The third-order valence-electron chi connectivity index (χ3n) is 3.72. The minimum Gasteiger partial charge on any atom is -0.384 e. The molecule has 0 spiro atoms. The number of rotatable bonds is 4. The van der Waals surface area contributed by atoms with Crippen molar-refractivity contribution in [3.63, 3.8) is 0 Å². The molecule has 1 aliphatic heterocycles. The molecule has 1 saturated heterocycles. The van der Waals surface area contributed by atoms with E-state index in [0.717, 1.165) is 37.3 Å². The zero-order chi connectivity index (χ0) is 13.7. The average molecular weight is 336 g/mol. The highest BCUT2D eigenvalue weighted by atomic mass is 35.5. The number of hydrogen-bond donors (Lipinski definition) is 2. The van der Waals surface area contributed by atoms with Gasteiger partial charge >= 0.3 is 0 Å². The van der Waals surface area contributed by atoms with Crippen molar-refractivity contribution in [1.29, 1.82) is 0 Å². The Labute approximate surface area is 138 Å². The van der Waals surface area contributed by atoms with E-state index in [1.54, 1.807) is 13.3 Å². The van der Waals surface area contributed by atoms with Gasteiger partial charge in [-0.25, -0.2) is 0 Å². The number of aromatic nitrogens is 1. The first-order valence-corrected chi connectivity index (χ1v) is 6.61. The number of halogens is 2. The Hall–Kier alpha value is -0.880. The van der Waals surface area contributed by atoms with Crippen molar-refractivity contribution >= 4 is 36.4 Å². The first-order chi connectivity index (χ1) is 9.18. The lowest BCUT2D eigenvalue weighted by atomic mass is 9.78. The minimum absolute atomic E-state index is 0. The van der Waals surface area contributed by atoms with E-state index in [2.05, 4.69) is 15.6 Å². The molecule has 120 valence electrons. The Balaban J connectivity index is 0.00000200. The monoisotopic (exact) mass is 335 g/mol. The Morgan fingerprint density at radius 1 is 1.43 bits per heavy atom. The maximum atomic E-state index is 12.6. The summed E-state index contributed by atoms with van der Waals surface area (Å²) in [4.78, 5) is 16.8. The van der Waals surface area contributed by atoms with Gasteiger partial charge in [-0.2, -0.15) is 0 Å². The molecule has 0 radical (unpaired) electrons. The van der Waals surface area contributed by atoms with E-state index in [0.29, 0.717) is 6.61 Å². The molecule has 21 heavy (non-hydrogen) atoms. The van der Waals surface area contributed by atoms with Gasteiger partial charge in [0.05, 0.1) is 23.4 Å². The van der Waals surface area contributed by atoms with Crippen LogP contribution in [0, 0.1) is 12.3 Å². The molecule has 0 saturated carbocycles. The molecule has 5 nitrogen and oxygen atoms in total. The van der Waals surface area contributed by atoms with Crippen LogP contribution >= 0.6 is 24.8 Å². The molecule has 1 fully saturated rings. The second kappa shape index (κ2) is 9.20. The van der Waals surface area contributed by atoms with Gasteiger partial charge in [0.15, 0.2) is 0 Å². The van der Waals surface area contributed by atoms with Crippen LogP contribution in [0.3, 0.4) is 0 Å². The van der Waals surface area contributed by atoms with E-state index >= 15 is 0 Å². The molecule has 0 aliphatic carbocycles. The van der Waals surface area contributed by atoms with E-state index in [9.17, 15) is 4.79 Å². The second-order valence-electron chi connectivity index (χ2n) is 5.05. The highest BCUT2D eigenvalue weighted by molar-refractivity contribution is 5.96.